The quantitative estimate of drug-likeness (QED) is 0.702. The van der Waals surface area contributed by atoms with Crippen LogP contribution in [0.4, 0.5) is 4.79 Å². The lowest BCUT2D eigenvalue weighted by Crippen LogP contribution is -2.40. The summed E-state index contributed by atoms with van der Waals surface area (Å²) in [4.78, 5) is 21.5. The number of benzene rings is 1. The maximum Gasteiger partial charge on any atom is 0.323 e. The van der Waals surface area contributed by atoms with Gasteiger partial charge < -0.3 is 20.5 Å². The minimum Gasteiger partial charge on any atom is -0.480 e. The van der Waals surface area contributed by atoms with Gasteiger partial charge in [-0.25, -0.2) is 4.79 Å². The minimum absolute atomic E-state index is 0.0173. The number of ether oxygens (including phenoxy) is 1. The number of amides is 2. The predicted octanol–water partition coefficient (Wildman–Crippen LogP) is 1.33. The van der Waals surface area contributed by atoms with E-state index < -0.39 is 18.5 Å². The second kappa shape index (κ2) is 6.63. The zero-order valence-electron chi connectivity index (χ0n) is 11.2. The molecule has 0 fully saturated rings. The number of carboxylic acids is 1. The van der Waals surface area contributed by atoms with Crippen molar-refractivity contribution in [3.8, 4) is 5.75 Å². The van der Waals surface area contributed by atoms with Crippen molar-refractivity contribution in [2.75, 3.05) is 13.3 Å². The molecule has 0 bridgehead atoms. The van der Waals surface area contributed by atoms with Crippen LogP contribution in [-0.4, -0.2) is 30.4 Å². The SMILES string of the molecule is Cc1ccc(C)c(OCNC(=O)NCC(=O)O)c1C. The summed E-state index contributed by atoms with van der Waals surface area (Å²) in [5.74, 6) is -0.361. The molecule has 6 heteroatoms. The van der Waals surface area contributed by atoms with Crippen LogP contribution in [-0.2, 0) is 4.79 Å². The van der Waals surface area contributed by atoms with E-state index in [0.29, 0.717) is 0 Å². The van der Waals surface area contributed by atoms with Gasteiger partial charge in [0.25, 0.3) is 0 Å². The van der Waals surface area contributed by atoms with E-state index in [1.165, 1.54) is 0 Å². The molecule has 0 aliphatic rings. The van der Waals surface area contributed by atoms with E-state index in [1.807, 2.05) is 32.9 Å². The summed E-state index contributed by atoms with van der Waals surface area (Å²) < 4.78 is 5.51. The van der Waals surface area contributed by atoms with Crippen molar-refractivity contribution in [3.05, 3.63) is 28.8 Å². The molecule has 0 saturated heterocycles. The molecule has 0 radical (unpaired) electrons. The monoisotopic (exact) mass is 266 g/mol. The van der Waals surface area contributed by atoms with Crippen LogP contribution in [0.5, 0.6) is 5.75 Å². The highest BCUT2D eigenvalue weighted by Gasteiger charge is 2.07. The van der Waals surface area contributed by atoms with Crippen molar-refractivity contribution in [1.29, 1.82) is 0 Å². The number of nitrogens with one attached hydrogen (secondary N) is 2. The van der Waals surface area contributed by atoms with Gasteiger partial charge in [-0.3, -0.25) is 4.79 Å². The predicted molar refractivity (Wildman–Crippen MR) is 70.3 cm³/mol. The summed E-state index contributed by atoms with van der Waals surface area (Å²) in [7, 11) is 0. The van der Waals surface area contributed by atoms with Crippen LogP contribution in [0, 0.1) is 20.8 Å². The fraction of sp³-hybridized carbons (Fsp3) is 0.385. The van der Waals surface area contributed by atoms with Gasteiger partial charge in [-0.15, -0.1) is 0 Å². The molecule has 0 heterocycles. The maximum absolute atomic E-state index is 11.2. The van der Waals surface area contributed by atoms with E-state index >= 15 is 0 Å². The van der Waals surface area contributed by atoms with Gasteiger partial charge >= 0.3 is 12.0 Å². The largest absolute Gasteiger partial charge is 0.480 e. The standard InChI is InChI=1S/C13H18N2O4/c1-8-4-5-9(2)12(10(8)3)19-7-15-13(18)14-6-11(16)17/h4-5H,6-7H2,1-3H3,(H,16,17)(H2,14,15,18). The fourth-order valence-electron chi connectivity index (χ4n) is 1.54. The molecule has 0 saturated carbocycles. The lowest BCUT2D eigenvalue weighted by molar-refractivity contribution is -0.135. The van der Waals surface area contributed by atoms with Crippen molar-refractivity contribution >= 4 is 12.0 Å². The van der Waals surface area contributed by atoms with Crippen molar-refractivity contribution in [2.24, 2.45) is 0 Å². The van der Waals surface area contributed by atoms with Crippen molar-refractivity contribution in [2.45, 2.75) is 20.8 Å². The number of urea groups is 1. The lowest BCUT2D eigenvalue weighted by Gasteiger charge is -2.14. The van der Waals surface area contributed by atoms with Gasteiger partial charge in [0.2, 0.25) is 0 Å². The third-order valence-electron chi connectivity index (χ3n) is 2.72. The summed E-state index contributed by atoms with van der Waals surface area (Å²) in [6.07, 6.45) is 0. The zero-order valence-corrected chi connectivity index (χ0v) is 11.2. The number of carbonyl (C=O) groups excluding carboxylic acids is 1. The van der Waals surface area contributed by atoms with E-state index in [1.54, 1.807) is 0 Å². The van der Waals surface area contributed by atoms with Crippen molar-refractivity contribution in [1.82, 2.24) is 10.6 Å². The Morgan fingerprint density at radius 2 is 1.79 bits per heavy atom. The first kappa shape index (κ1) is 14.8. The summed E-state index contributed by atoms with van der Waals surface area (Å²) >= 11 is 0. The molecule has 2 amide bonds. The number of rotatable bonds is 5. The van der Waals surface area contributed by atoms with Gasteiger partial charge in [0, 0.05) is 0 Å². The zero-order chi connectivity index (χ0) is 14.4. The van der Waals surface area contributed by atoms with Gasteiger partial charge in [-0.2, -0.15) is 0 Å². The van der Waals surface area contributed by atoms with Crippen LogP contribution in [0.2, 0.25) is 0 Å². The molecular formula is C13H18N2O4. The third-order valence-corrected chi connectivity index (χ3v) is 2.72. The number of carboxylic acid groups (broad SMARTS) is 1. The Morgan fingerprint density at radius 1 is 1.16 bits per heavy atom. The molecule has 0 aliphatic heterocycles. The van der Waals surface area contributed by atoms with E-state index in [2.05, 4.69) is 10.6 Å². The molecule has 19 heavy (non-hydrogen) atoms. The number of hydrogen-bond donors (Lipinski definition) is 3. The first-order chi connectivity index (χ1) is 8.91. The Balaban J connectivity index is 2.48. The van der Waals surface area contributed by atoms with Crippen LogP contribution in [0.1, 0.15) is 16.7 Å². The first-order valence-corrected chi connectivity index (χ1v) is 5.85. The van der Waals surface area contributed by atoms with Crippen LogP contribution < -0.4 is 15.4 Å². The average Bonchev–Trinajstić information content (AvgIpc) is 2.35. The Bertz CT molecular complexity index is 486. The second-order valence-corrected chi connectivity index (χ2v) is 4.20. The second-order valence-electron chi connectivity index (χ2n) is 4.20. The fourth-order valence-corrected chi connectivity index (χ4v) is 1.54. The number of aliphatic carboxylic acids is 1. The number of carbonyl (C=O) groups is 2. The smallest absolute Gasteiger partial charge is 0.323 e. The summed E-state index contributed by atoms with van der Waals surface area (Å²) in [6, 6.07) is 3.37. The van der Waals surface area contributed by atoms with E-state index in [0.717, 1.165) is 22.4 Å². The molecular weight excluding hydrogens is 248 g/mol. The van der Waals surface area contributed by atoms with Crippen molar-refractivity contribution < 1.29 is 19.4 Å². The molecule has 1 aromatic carbocycles. The van der Waals surface area contributed by atoms with Crippen LogP contribution >= 0.6 is 0 Å². The summed E-state index contributed by atoms with van der Waals surface area (Å²) in [5.41, 5.74) is 3.11. The average molecular weight is 266 g/mol. The molecule has 0 unspecified atom stereocenters. The Labute approximate surface area is 111 Å². The molecule has 1 rings (SSSR count). The third kappa shape index (κ3) is 4.50. The molecule has 104 valence electrons. The molecule has 1 aromatic rings. The first-order valence-electron chi connectivity index (χ1n) is 5.85. The van der Waals surface area contributed by atoms with Crippen LogP contribution in [0.3, 0.4) is 0 Å². The normalized spacial score (nSPS) is 9.84. The molecule has 0 aromatic heterocycles. The summed E-state index contributed by atoms with van der Waals surface area (Å²) in [6.45, 7) is 5.41. The Kier molecular flexibility index (Phi) is 5.17. The maximum atomic E-state index is 11.2. The molecule has 0 atom stereocenters. The van der Waals surface area contributed by atoms with Gasteiger partial charge in [0.15, 0.2) is 6.73 Å². The van der Waals surface area contributed by atoms with E-state index in [-0.39, 0.29) is 6.73 Å². The van der Waals surface area contributed by atoms with Gasteiger partial charge in [-0.05, 0) is 37.5 Å². The number of hydrogen-bond acceptors (Lipinski definition) is 3. The minimum atomic E-state index is -1.10. The molecule has 3 N–H and O–H groups in total. The Morgan fingerprint density at radius 3 is 2.42 bits per heavy atom. The molecule has 6 nitrogen and oxygen atoms in total. The van der Waals surface area contributed by atoms with E-state index in [9.17, 15) is 9.59 Å². The van der Waals surface area contributed by atoms with E-state index in [4.69, 9.17) is 9.84 Å². The topological polar surface area (TPSA) is 87.7 Å². The van der Waals surface area contributed by atoms with Gasteiger partial charge in [-0.1, -0.05) is 12.1 Å². The van der Waals surface area contributed by atoms with Crippen LogP contribution in [0.15, 0.2) is 12.1 Å². The highest BCUT2D eigenvalue weighted by molar-refractivity contribution is 5.79. The van der Waals surface area contributed by atoms with Gasteiger partial charge in [0.05, 0.1) is 0 Å². The van der Waals surface area contributed by atoms with Crippen molar-refractivity contribution in [3.63, 3.8) is 0 Å². The highest BCUT2D eigenvalue weighted by atomic mass is 16.5. The molecule has 0 spiro atoms. The molecule has 0 aliphatic carbocycles. The Hall–Kier alpha value is -2.24. The number of aryl methyl sites for hydroxylation is 2. The van der Waals surface area contributed by atoms with Gasteiger partial charge in [0.1, 0.15) is 12.3 Å². The van der Waals surface area contributed by atoms with Crippen LogP contribution in [0.25, 0.3) is 0 Å². The summed E-state index contributed by atoms with van der Waals surface area (Å²) in [5, 5.41) is 13.0. The lowest BCUT2D eigenvalue weighted by atomic mass is 10.1. The highest BCUT2D eigenvalue weighted by Crippen LogP contribution is 2.25.